The topological polar surface area (TPSA) is 78.6 Å². The van der Waals surface area contributed by atoms with Crippen LogP contribution in [0, 0.1) is 0 Å². The molecule has 0 heterocycles. The Bertz CT molecular complexity index is 505. The van der Waals surface area contributed by atoms with Gasteiger partial charge in [0.2, 0.25) is 0 Å². The van der Waals surface area contributed by atoms with Crippen molar-refractivity contribution < 1.29 is 19.2 Å². The highest BCUT2D eigenvalue weighted by molar-refractivity contribution is 6.34. The molecule has 0 aliphatic heterocycles. The number of carbonyl (C=O) groups excluding carboxylic acids is 2. The maximum Gasteiger partial charge on any atom is 0.324 e. The van der Waals surface area contributed by atoms with Crippen molar-refractivity contribution in [3.05, 3.63) is 28.8 Å². The molecule has 1 aromatic rings. The van der Waals surface area contributed by atoms with E-state index in [4.69, 9.17) is 22.2 Å². The van der Waals surface area contributed by atoms with Gasteiger partial charge in [0, 0.05) is 12.8 Å². The third-order valence-electron chi connectivity index (χ3n) is 3.39. The van der Waals surface area contributed by atoms with E-state index in [9.17, 15) is 9.59 Å². The summed E-state index contributed by atoms with van der Waals surface area (Å²) in [7, 11) is 1.52. The number of hydrogen-bond acceptors (Lipinski definition) is 5. The van der Waals surface area contributed by atoms with Gasteiger partial charge in [-0.1, -0.05) is 36.9 Å². The second-order valence-electron chi connectivity index (χ2n) is 5.00. The van der Waals surface area contributed by atoms with Crippen molar-refractivity contribution in [2.45, 2.75) is 44.9 Å². The van der Waals surface area contributed by atoms with Crippen molar-refractivity contribution in [3.63, 3.8) is 0 Å². The van der Waals surface area contributed by atoms with E-state index >= 15 is 0 Å². The molecular formula is C16H22ClNO4. The van der Waals surface area contributed by atoms with Gasteiger partial charge in [-0.05, 0) is 25.0 Å². The lowest BCUT2D eigenvalue weighted by Gasteiger charge is -2.09. The first-order valence-electron chi connectivity index (χ1n) is 7.35. The number of methoxy groups -OCH3 is 1. The molecule has 6 heteroatoms. The lowest BCUT2D eigenvalue weighted by Crippen LogP contribution is -2.09. The molecule has 22 heavy (non-hydrogen) atoms. The Labute approximate surface area is 135 Å². The standard InChI is InChI=1S/C16H22ClNO4/c1-21-14-10-7-8-12(17)16(14)13(19)9-5-3-2-4-6-11-15(20)22-18/h7-8,10H,2-6,9,11,18H2,1H3. The minimum absolute atomic E-state index is 0.00541. The summed E-state index contributed by atoms with van der Waals surface area (Å²) < 4.78 is 5.18. The van der Waals surface area contributed by atoms with E-state index in [1.165, 1.54) is 7.11 Å². The first-order valence-corrected chi connectivity index (χ1v) is 7.73. The second-order valence-corrected chi connectivity index (χ2v) is 5.41. The van der Waals surface area contributed by atoms with Crippen molar-refractivity contribution in [1.29, 1.82) is 0 Å². The normalized spacial score (nSPS) is 10.3. The summed E-state index contributed by atoms with van der Waals surface area (Å²) in [4.78, 5) is 27.1. The fraction of sp³-hybridized carbons (Fsp3) is 0.500. The number of rotatable bonds is 10. The quantitative estimate of drug-likeness (QED) is 0.403. The highest BCUT2D eigenvalue weighted by Gasteiger charge is 2.15. The molecule has 0 aromatic heterocycles. The fourth-order valence-corrected chi connectivity index (χ4v) is 2.49. The number of unbranched alkanes of at least 4 members (excludes halogenated alkanes) is 4. The predicted octanol–water partition coefficient (Wildman–Crippen LogP) is 3.68. The number of benzene rings is 1. The molecule has 0 fully saturated rings. The van der Waals surface area contributed by atoms with Gasteiger partial charge in [0.25, 0.3) is 0 Å². The molecule has 0 saturated carbocycles. The molecule has 0 atom stereocenters. The Kier molecular flexibility index (Phi) is 8.55. The highest BCUT2D eigenvalue weighted by Crippen LogP contribution is 2.28. The van der Waals surface area contributed by atoms with E-state index in [0.29, 0.717) is 29.2 Å². The lowest BCUT2D eigenvalue weighted by molar-refractivity contribution is -0.144. The zero-order chi connectivity index (χ0) is 16.4. The second kappa shape index (κ2) is 10.2. The van der Waals surface area contributed by atoms with E-state index in [-0.39, 0.29) is 11.8 Å². The number of nitrogens with two attached hydrogens (primary N) is 1. The summed E-state index contributed by atoms with van der Waals surface area (Å²) >= 11 is 6.07. The van der Waals surface area contributed by atoms with Crippen molar-refractivity contribution in [3.8, 4) is 5.75 Å². The van der Waals surface area contributed by atoms with Gasteiger partial charge in [0.1, 0.15) is 5.75 Å². The third-order valence-corrected chi connectivity index (χ3v) is 3.71. The van der Waals surface area contributed by atoms with Gasteiger partial charge in [0.15, 0.2) is 5.78 Å². The van der Waals surface area contributed by atoms with Crippen molar-refractivity contribution in [1.82, 2.24) is 0 Å². The molecule has 0 aliphatic carbocycles. The highest BCUT2D eigenvalue weighted by atomic mass is 35.5. The van der Waals surface area contributed by atoms with Crippen LogP contribution in [0.25, 0.3) is 0 Å². The van der Waals surface area contributed by atoms with Gasteiger partial charge in [0.05, 0.1) is 17.7 Å². The van der Waals surface area contributed by atoms with Crippen molar-refractivity contribution in [2.24, 2.45) is 5.90 Å². The van der Waals surface area contributed by atoms with E-state index < -0.39 is 0 Å². The van der Waals surface area contributed by atoms with Crippen LogP contribution in [0.15, 0.2) is 18.2 Å². The van der Waals surface area contributed by atoms with Crippen LogP contribution < -0.4 is 10.6 Å². The zero-order valence-corrected chi connectivity index (χ0v) is 13.5. The average Bonchev–Trinajstić information content (AvgIpc) is 2.52. The summed E-state index contributed by atoms with van der Waals surface area (Å²) in [6.07, 6.45) is 5.12. The largest absolute Gasteiger partial charge is 0.496 e. The molecule has 5 nitrogen and oxygen atoms in total. The minimum atomic E-state index is -0.388. The SMILES string of the molecule is COc1cccc(Cl)c1C(=O)CCCCCCCC(=O)ON. The van der Waals surface area contributed by atoms with E-state index in [0.717, 1.165) is 32.1 Å². The maximum absolute atomic E-state index is 12.2. The summed E-state index contributed by atoms with van der Waals surface area (Å²) in [6.45, 7) is 0. The molecule has 1 aromatic carbocycles. The van der Waals surface area contributed by atoms with Crippen LogP contribution in [0.5, 0.6) is 5.75 Å². The Morgan fingerprint density at radius 1 is 1.09 bits per heavy atom. The Hall–Kier alpha value is -1.59. The summed E-state index contributed by atoms with van der Waals surface area (Å²) in [5.41, 5.74) is 0.456. The molecular weight excluding hydrogens is 306 g/mol. The van der Waals surface area contributed by atoms with Crippen molar-refractivity contribution in [2.75, 3.05) is 7.11 Å². The molecule has 122 valence electrons. The van der Waals surface area contributed by atoms with E-state index in [1.807, 2.05) is 0 Å². The number of ether oxygens (including phenoxy) is 1. The van der Waals surface area contributed by atoms with Gasteiger partial charge in [-0.2, -0.15) is 5.90 Å². The number of hydrogen-bond donors (Lipinski definition) is 1. The first kappa shape index (κ1) is 18.5. The van der Waals surface area contributed by atoms with Crippen LogP contribution in [-0.4, -0.2) is 18.9 Å². The smallest absolute Gasteiger partial charge is 0.324 e. The van der Waals surface area contributed by atoms with Crippen LogP contribution in [0.2, 0.25) is 5.02 Å². The molecule has 0 bridgehead atoms. The lowest BCUT2D eigenvalue weighted by atomic mass is 10.0. The first-order chi connectivity index (χ1) is 10.6. The molecule has 2 N–H and O–H groups in total. The van der Waals surface area contributed by atoms with Crippen LogP contribution >= 0.6 is 11.6 Å². The van der Waals surface area contributed by atoms with Crippen LogP contribution in [0.1, 0.15) is 55.3 Å². The predicted molar refractivity (Wildman–Crippen MR) is 84.9 cm³/mol. The van der Waals surface area contributed by atoms with E-state index in [1.54, 1.807) is 18.2 Å². The van der Waals surface area contributed by atoms with Gasteiger partial charge in [-0.15, -0.1) is 0 Å². The monoisotopic (exact) mass is 327 g/mol. The van der Waals surface area contributed by atoms with E-state index in [2.05, 4.69) is 4.84 Å². The summed E-state index contributed by atoms with van der Waals surface area (Å²) in [5, 5.41) is 0.421. The van der Waals surface area contributed by atoms with Crippen molar-refractivity contribution >= 4 is 23.4 Å². The Morgan fingerprint density at radius 2 is 1.73 bits per heavy atom. The van der Waals surface area contributed by atoms with Crippen LogP contribution in [0.3, 0.4) is 0 Å². The maximum atomic E-state index is 12.2. The molecule has 0 saturated heterocycles. The molecule has 0 spiro atoms. The molecule has 0 aliphatic rings. The number of ketones is 1. The third kappa shape index (κ3) is 6.03. The molecule has 1 rings (SSSR count). The average molecular weight is 328 g/mol. The molecule has 0 radical (unpaired) electrons. The number of halogens is 1. The van der Waals surface area contributed by atoms with Gasteiger partial charge < -0.3 is 9.57 Å². The zero-order valence-electron chi connectivity index (χ0n) is 12.8. The molecule has 0 unspecified atom stereocenters. The Morgan fingerprint density at radius 3 is 2.36 bits per heavy atom. The van der Waals surface area contributed by atoms with Crippen LogP contribution in [0.4, 0.5) is 0 Å². The van der Waals surface area contributed by atoms with Gasteiger partial charge >= 0.3 is 5.97 Å². The summed E-state index contributed by atoms with van der Waals surface area (Å²) in [6, 6.07) is 5.17. The Balaban J connectivity index is 2.28. The number of carbonyl (C=O) groups is 2. The fourth-order valence-electron chi connectivity index (χ4n) is 2.21. The summed E-state index contributed by atoms with van der Waals surface area (Å²) in [5.74, 6) is 4.87. The molecule has 0 amide bonds. The minimum Gasteiger partial charge on any atom is -0.496 e. The van der Waals surface area contributed by atoms with Gasteiger partial charge in [-0.25, -0.2) is 0 Å². The van der Waals surface area contributed by atoms with Crippen LogP contribution in [-0.2, 0) is 9.63 Å². The number of Topliss-reactive ketones (excluding diaryl/α,β-unsaturated/α-hetero) is 1. The van der Waals surface area contributed by atoms with Gasteiger partial charge in [-0.3, -0.25) is 9.59 Å².